The molecule has 1 aliphatic carbocycles. The first-order valence-corrected chi connectivity index (χ1v) is 4.14. The number of rotatable bonds is 1. The molecule has 1 saturated carbocycles. The molecule has 1 heterocycles. The van der Waals surface area contributed by atoms with E-state index in [0.29, 0.717) is 0 Å². The van der Waals surface area contributed by atoms with Gasteiger partial charge in [-0.2, -0.15) is 0 Å². The van der Waals surface area contributed by atoms with Crippen LogP contribution in [0.4, 0.5) is 5.69 Å². The summed E-state index contributed by atoms with van der Waals surface area (Å²) in [6.45, 7) is 0. The Morgan fingerprint density at radius 2 is 2.10 bits per heavy atom. The van der Waals surface area contributed by atoms with Crippen molar-refractivity contribution in [2.45, 2.75) is 18.8 Å². The number of halogens is 1. The fraction of sp³-hybridized carbons (Fsp3) is 0.429. The van der Waals surface area contributed by atoms with Crippen molar-refractivity contribution in [3.05, 3.63) is 16.3 Å². The average Bonchev–Trinajstić information content (AvgIpc) is 2.58. The molecule has 1 aliphatic rings. The number of hydrogen-bond acceptors (Lipinski definition) is 2. The molecule has 0 aliphatic heterocycles. The molecule has 0 aromatic carbocycles. The molecule has 1 aromatic rings. The zero-order chi connectivity index (χ0) is 6.27. The van der Waals surface area contributed by atoms with Gasteiger partial charge in [-0.3, -0.25) is 0 Å². The molecule has 1 fully saturated rings. The molecular weight excluding hydrogens is 166 g/mol. The van der Waals surface area contributed by atoms with Crippen molar-refractivity contribution in [1.29, 1.82) is 0 Å². The van der Waals surface area contributed by atoms with Gasteiger partial charge in [-0.15, -0.1) is 23.7 Å². The van der Waals surface area contributed by atoms with Crippen molar-refractivity contribution >= 4 is 29.4 Å². The highest BCUT2D eigenvalue weighted by atomic mass is 35.5. The van der Waals surface area contributed by atoms with Crippen LogP contribution in [0.25, 0.3) is 0 Å². The van der Waals surface area contributed by atoms with Gasteiger partial charge < -0.3 is 5.73 Å². The topological polar surface area (TPSA) is 26.0 Å². The Balaban J connectivity index is 0.000000500. The minimum atomic E-state index is 0. The average molecular weight is 176 g/mol. The Labute approximate surface area is 70.7 Å². The summed E-state index contributed by atoms with van der Waals surface area (Å²) in [5, 5.41) is 4.20. The third-order valence-corrected chi connectivity index (χ3v) is 2.52. The first-order valence-electron chi connectivity index (χ1n) is 3.19. The molecule has 56 valence electrons. The van der Waals surface area contributed by atoms with E-state index in [-0.39, 0.29) is 12.4 Å². The van der Waals surface area contributed by atoms with E-state index in [9.17, 15) is 0 Å². The highest BCUT2D eigenvalue weighted by molar-refractivity contribution is 7.08. The second kappa shape index (κ2) is 2.81. The van der Waals surface area contributed by atoms with Crippen LogP contribution >= 0.6 is 23.7 Å². The standard InChI is InChI=1S/C7H9NS.ClH/c8-7-4-9-3-6(7)5-1-2-5;/h3-5H,1-2,8H2;1H. The van der Waals surface area contributed by atoms with Gasteiger partial charge >= 0.3 is 0 Å². The Bertz CT molecular complexity index is 217. The Hall–Kier alpha value is -0.210. The fourth-order valence-electron chi connectivity index (χ4n) is 1.04. The van der Waals surface area contributed by atoms with Crippen LogP contribution in [0.2, 0.25) is 0 Å². The Morgan fingerprint density at radius 3 is 2.50 bits per heavy atom. The zero-order valence-electron chi connectivity index (χ0n) is 5.54. The molecule has 1 aromatic heterocycles. The summed E-state index contributed by atoms with van der Waals surface area (Å²) >= 11 is 1.71. The van der Waals surface area contributed by atoms with E-state index in [0.717, 1.165) is 11.6 Å². The lowest BCUT2D eigenvalue weighted by molar-refractivity contribution is 1.15. The maximum Gasteiger partial charge on any atom is 0.0458 e. The quantitative estimate of drug-likeness (QED) is 0.698. The molecule has 0 spiro atoms. The normalized spacial score (nSPS) is 16.4. The third kappa shape index (κ3) is 1.27. The van der Waals surface area contributed by atoms with Crippen LogP contribution < -0.4 is 5.73 Å². The van der Waals surface area contributed by atoms with Crippen molar-refractivity contribution in [2.24, 2.45) is 0 Å². The molecule has 0 unspecified atom stereocenters. The van der Waals surface area contributed by atoms with Crippen LogP contribution in [0.15, 0.2) is 10.8 Å². The monoisotopic (exact) mass is 175 g/mol. The van der Waals surface area contributed by atoms with Crippen molar-refractivity contribution < 1.29 is 0 Å². The molecule has 0 radical (unpaired) electrons. The summed E-state index contributed by atoms with van der Waals surface area (Å²) in [5.74, 6) is 0.816. The van der Waals surface area contributed by atoms with Gasteiger partial charge in [0, 0.05) is 11.1 Å². The first-order chi connectivity index (χ1) is 4.38. The number of hydrogen-bond donors (Lipinski definition) is 1. The molecule has 0 amide bonds. The SMILES string of the molecule is Cl.Nc1cscc1C1CC1. The predicted octanol–water partition coefficient (Wildman–Crippen LogP) is 2.63. The van der Waals surface area contributed by atoms with E-state index >= 15 is 0 Å². The van der Waals surface area contributed by atoms with Crippen LogP contribution in [0.3, 0.4) is 0 Å². The molecule has 0 atom stereocenters. The van der Waals surface area contributed by atoms with Gasteiger partial charge in [-0.05, 0) is 29.7 Å². The van der Waals surface area contributed by atoms with Gasteiger partial charge in [0.1, 0.15) is 0 Å². The lowest BCUT2D eigenvalue weighted by Gasteiger charge is -1.91. The van der Waals surface area contributed by atoms with E-state index < -0.39 is 0 Å². The zero-order valence-corrected chi connectivity index (χ0v) is 7.17. The van der Waals surface area contributed by atoms with Crippen molar-refractivity contribution in [3.63, 3.8) is 0 Å². The molecule has 2 N–H and O–H groups in total. The molecule has 0 bridgehead atoms. The summed E-state index contributed by atoms with van der Waals surface area (Å²) in [6, 6.07) is 0. The third-order valence-electron chi connectivity index (χ3n) is 1.74. The van der Waals surface area contributed by atoms with E-state index in [1.807, 2.05) is 5.38 Å². The number of nitrogen functional groups attached to an aromatic ring is 1. The van der Waals surface area contributed by atoms with Crippen LogP contribution in [0.1, 0.15) is 24.3 Å². The van der Waals surface area contributed by atoms with E-state index in [2.05, 4.69) is 5.38 Å². The minimum absolute atomic E-state index is 0. The summed E-state index contributed by atoms with van der Waals surface area (Å²) in [4.78, 5) is 0. The highest BCUT2D eigenvalue weighted by Gasteiger charge is 2.25. The lowest BCUT2D eigenvalue weighted by Crippen LogP contribution is -1.85. The molecule has 3 heteroatoms. The van der Waals surface area contributed by atoms with Gasteiger partial charge in [0.05, 0.1) is 0 Å². The highest BCUT2D eigenvalue weighted by Crippen LogP contribution is 2.43. The number of anilines is 1. The summed E-state index contributed by atoms with van der Waals surface area (Å²) in [6.07, 6.45) is 2.70. The largest absolute Gasteiger partial charge is 0.398 e. The molecule has 2 rings (SSSR count). The maximum absolute atomic E-state index is 5.69. The number of nitrogens with two attached hydrogens (primary N) is 1. The van der Waals surface area contributed by atoms with Crippen LogP contribution in [-0.2, 0) is 0 Å². The van der Waals surface area contributed by atoms with Gasteiger partial charge in [0.2, 0.25) is 0 Å². The summed E-state index contributed by atoms with van der Waals surface area (Å²) in [7, 11) is 0. The minimum Gasteiger partial charge on any atom is -0.398 e. The van der Waals surface area contributed by atoms with Crippen molar-refractivity contribution in [3.8, 4) is 0 Å². The second-order valence-electron chi connectivity index (χ2n) is 2.56. The van der Waals surface area contributed by atoms with E-state index in [1.165, 1.54) is 18.4 Å². The maximum atomic E-state index is 5.69. The molecule has 0 saturated heterocycles. The Kier molecular flexibility index (Phi) is 2.21. The van der Waals surface area contributed by atoms with Crippen LogP contribution in [0.5, 0.6) is 0 Å². The fourth-order valence-corrected chi connectivity index (χ4v) is 1.87. The van der Waals surface area contributed by atoms with E-state index in [1.54, 1.807) is 11.3 Å². The predicted molar refractivity (Wildman–Crippen MR) is 48.0 cm³/mol. The first kappa shape index (κ1) is 7.89. The van der Waals surface area contributed by atoms with Crippen LogP contribution in [0, 0.1) is 0 Å². The Morgan fingerprint density at radius 1 is 1.40 bits per heavy atom. The van der Waals surface area contributed by atoms with Crippen molar-refractivity contribution in [2.75, 3.05) is 5.73 Å². The van der Waals surface area contributed by atoms with Gasteiger partial charge in [0.15, 0.2) is 0 Å². The summed E-state index contributed by atoms with van der Waals surface area (Å²) in [5.41, 5.74) is 8.08. The van der Waals surface area contributed by atoms with Gasteiger partial charge in [0.25, 0.3) is 0 Å². The van der Waals surface area contributed by atoms with Crippen LogP contribution in [-0.4, -0.2) is 0 Å². The van der Waals surface area contributed by atoms with E-state index in [4.69, 9.17) is 5.73 Å². The molecule has 1 nitrogen and oxygen atoms in total. The second-order valence-corrected chi connectivity index (χ2v) is 3.30. The van der Waals surface area contributed by atoms with Crippen molar-refractivity contribution in [1.82, 2.24) is 0 Å². The number of thiophene rings is 1. The van der Waals surface area contributed by atoms with Gasteiger partial charge in [-0.1, -0.05) is 0 Å². The molecule has 10 heavy (non-hydrogen) atoms. The summed E-state index contributed by atoms with van der Waals surface area (Å²) < 4.78 is 0. The molecular formula is C7H10ClNS. The lowest BCUT2D eigenvalue weighted by atomic mass is 10.2. The van der Waals surface area contributed by atoms with Gasteiger partial charge in [-0.25, -0.2) is 0 Å². The smallest absolute Gasteiger partial charge is 0.0458 e.